The van der Waals surface area contributed by atoms with E-state index in [2.05, 4.69) is 0 Å². The number of benzene rings is 1. The van der Waals surface area contributed by atoms with Gasteiger partial charge in [-0.15, -0.1) is 0 Å². The average molecular weight is 320 g/mol. The van der Waals surface area contributed by atoms with Crippen molar-refractivity contribution in [2.75, 3.05) is 13.2 Å². The lowest BCUT2D eigenvalue weighted by Crippen LogP contribution is -2.41. The van der Waals surface area contributed by atoms with E-state index in [1.54, 1.807) is 6.07 Å². The third kappa shape index (κ3) is 2.45. The summed E-state index contributed by atoms with van der Waals surface area (Å²) in [5.74, 6) is 1.56. The van der Waals surface area contributed by atoms with Crippen LogP contribution in [0.15, 0.2) is 18.2 Å². The van der Waals surface area contributed by atoms with Gasteiger partial charge in [0.25, 0.3) is 0 Å². The summed E-state index contributed by atoms with van der Waals surface area (Å²) in [4.78, 5) is 12.8. The van der Waals surface area contributed by atoms with Gasteiger partial charge in [-0.1, -0.05) is 6.42 Å². The van der Waals surface area contributed by atoms with Crippen LogP contribution in [0, 0.1) is 5.92 Å². The summed E-state index contributed by atoms with van der Waals surface area (Å²) >= 11 is 0. The first-order valence-corrected chi connectivity index (χ1v) is 9.33. The van der Waals surface area contributed by atoms with Gasteiger partial charge in [-0.05, 0) is 43.9 Å². The van der Waals surface area contributed by atoms with Gasteiger partial charge in [-0.2, -0.15) is 0 Å². The van der Waals surface area contributed by atoms with Crippen molar-refractivity contribution in [3.05, 3.63) is 23.8 Å². The molecule has 1 aromatic carbocycles. The molecular weight excluding hydrogens is 300 g/mol. The Kier molecular flexibility index (Phi) is 3.68. The summed E-state index contributed by atoms with van der Waals surface area (Å²) in [6.07, 6.45) is 4.72. The average Bonchev–Trinajstić information content (AvgIpc) is 2.53. The van der Waals surface area contributed by atoms with E-state index in [0.29, 0.717) is 30.3 Å². The van der Waals surface area contributed by atoms with E-state index in [-0.39, 0.29) is 22.2 Å². The minimum Gasteiger partial charge on any atom is -0.486 e. The Morgan fingerprint density at radius 1 is 1.05 bits per heavy atom. The van der Waals surface area contributed by atoms with E-state index in [0.717, 1.165) is 32.1 Å². The molecule has 2 saturated heterocycles. The van der Waals surface area contributed by atoms with E-state index in [1.807, 2.05) is 12.1 Å². The highest BCUT2D eigenvalue weighted by Gasteiger charge is 2.40. The molecule has 0 spiro atoms. The molecule has 3 aliphatic rings. The number of rotatable bonds is 2. The Hall–Kier alpha value is -1.36. The van der Waals surface area contributed by atoms with Crippen LogP contribution in [0.4, 0.5) is 0 Å². The van der Waals surface area contributed by atoms with Crippen molar-refractivity contribution in [2.45, 2.75) is 42.6 Å². The molecule has 2 fully saturated rings. The van der Waals surface area contributed by atoms with Gasteiger partial charge in [-0.3, -0.25) is 9.00 Å². The molecule has 0 aliphatic carbocycles. The zero-order chi connectivity index (χ0) is 15.1. The van der Waals surface area contributed by atoms with Crippen LogP contribution in [0.1, 0.15) is 42.5 Å². The fourth-order valence-corrected chi connectivity index (χ4v) is 6.07. The van der Waals surface area contributed by atoms with E-state index in [9.17, 15) is 9.00 Å². The first-order chi connectivity index (χ1) is 10.7. The molecule has 118 valence electrons. The maximum atomic E-state index is 12.8. The minimum atomic E-state index is -0.728. The first-order valence-electron chi connectivity index (χ1n) is 8.05. The molecule has 0 saturated carbocycles. The maximum Gasteiger partial charge on any atom is 0.166 e. The molecule has 0 N–H and O–H groups in total. The Bertz CT molecular complexity index is 611. The zero-order valence-corrected chi connectivity index (χ0v) is 13.3. The monoisotopic (exact) mass is 320 g/mol. The lowest BCUT2D eigenvalue weighted by Gasteiger charge is -2.37. The topological polar surface area (TPSA) is 52.6 Å². The molecule has 0 radical (unpaired) electrons. The van der Waals surface area contributed by atoms with E-state index >= 15 is 0 Å². The number of ketones is 1. The van der Waals surface area contributed by atoms with Crippen LogP contribution in [0.2, 0.25) is 0 Å². The Labute approximate surface area is 132 Å². The highest BCUT2D eigenvalue weighted by atomic mass is 32.2. The maximum absolute atomic E-state index is 12.8. The smallest absolute Gasteiger partial charge is 0.166 e. The van der Waals surface area contributed by atoms with Crippen LogP contribution in [0.3, 0.4) is 0 Å². The van der Waals surface area contributed by atoms with E-state index in [1.165, 1.54) is 0 Å². The molecule has 4 rings (SSSR count). The second kappa shape index (κ2) is 5.69. The van der Waals surface area contributed by atoms with E-state index in [4.69, 9.17) is 9.47 Å². The van der Waals surface area contributed by atoms with Crippen LogP contribution in [-0.4, -0.2) is 33.7 Å². The molecule has 0 amide bonds. The Morgan fingerprint density at radius 2 is 1.73 bits per heavy atom. The second-order valence-corrected chi connectivity index (χ2v) is 8.38. The van der Waals surface area contributed by atoms with Gasteiger partial charge >= 0.3 is 0 Å². The molecular formula is C17H20O4S. The zero-order valence-electron chi connectivity index (χ0n) is 12.5. The number of fused-ring (bicyclic) bond motifs is 3. The van der Waals surface area contributed by atoms with Gasteiger partial charge in [0, 0.05) is 32.8 Å². The fraction of sp³-hybridized carbons (Fsp3) is 0.588. The predicted octanol–water partition coefficient (Wildman–Crippen LogP) is 2.72. The largest absolute Gasteiger partial charge is 0.486 e. The Balaban J connectivity index is 1.56. The summed E-state index contributed by atoms with van der Waals surface area (Å²) in [5.41, 5.74) is 0.694. The van der Waals surface area contributed by atoms with Crippen LogP contribution in [0.5, 0.6) is 11.5 Å². The number of hydrogen-bond acceptors (Lipinski definition) is 4. The number of carbonyl (C=O) groups is 1. The third-order valence-corrected chi connectivity index (χ3v) is 7.17. The molecule has 3 aliphatic heterocycles. The second-order valence-electron chi connectivity index (χ2n) is 6.39. The molecule has 3 heterocycles. The van der Waals surface area contributed by atoms with E-state index < -0.39 is 10.8 Å². The summed E-state index contributed by atoms with van der Waals surface area (Å²) < 4.78 is 23.3. The number of hydrogen-bond donors (Lipinski definition) is 0. The summed E-state index contributed by atoms with van der Waals surface area (Å²) in [6.45, 7) is 1.08. The lowest BCUT2D eigenvalue weighted by molar-refractivity contribution is 0.0894. The van der Waals surface area contributed by atoms with Gasteiger partial charge in [0.2, 0.25) is 0 Å². The highest BCUT2D eigenvalue weighted by molar-refractivity contribution is 7.86. The molecule has 0 aromatic heterocycles. The molecule has 5 heteroatoms. The van der Waals surface area contributed by atoms with Crippen molar-refractivity contribution in [1.82, 2.24) is 0 Å². The van der Waals surface area contributed by atoms with Gasteiger partial charge < -0.3 is 9.47 Å². The van der Waals surface area contributed by atoms with Crippen LogP contribution in [0.25, 0.3) is 0 Å². The lowest BCUT2D eigenvalue weighted by atomic mass is 9.84. The van der Waals surface area contributed by atoms with Crippen molar-refractivity contribution in [2.24, 2.45) is 5.92 Å². The minimum absolute atomic E-state index is 0.00978. The molecule has 22 heavy (non-hydrogen) atoms. The standard InChI is InChI=1S/C17H20O4S/c18-17(11-4-5-15-16(10-11)21-7-6-20-15)12-8-13-2-1-3-14(9-12)22(13)19/h4-5,10,12-14H,1-3,6-9H2. The highest BCUT2D eigenvalue weighted by Crippen LogP contribution is 2.39. The molecule has 2 atom stereocenters. The van der Waals surface area contributed by atoms with Crippen LogP contribution >= 0.6 is 0 Å². The predicted molar refractivity (Wildman–Crippen MR) is 84.1 cm³/mol. The van der Waals surface area contributed by atoms with Crippen LogP contribution < -0.4 is 9.47 Å². The first kappa shape index (κ1) is 14.2. The molecule has 2 unspecified atom stereocenters. The number of ether oxygens (including phenoxy) is 2. The number of carbonyl (C=O) groups excluding carboxylic acids is 1. The van der Waals surface area contributed by atoms with Crippen molar-refractivity contribution >= 4 is 16.6 Å². The third-order valence-electron chi connectivity index (χ3n) is 5.00. The number of Topliss-reactive ketones (excluding diaryl/α,β-unsaturated/α-hetero) is 1. The van der Waals surface area contributed by atoms with Gasteiger partial charge in [0.15, 0.2) is 17.3 Å². The molecule has 1 aromatic rings. The van der Waals surface area contributed by atoms with Crippen molar-refractivity contribution < 1.29 is 18.5 Å². The summed E-state index contributed by atoms with van der Waals surface area (Å²) in [6, 6.07) is 5.46. The van der Waals surface area contributed by atoms with Crippen molar-refractivity contribution in [3.8, 4) is 11.5 Å². The van der Waals surface area contributed by atoms with Crippen LogP contribution in [-0.2, 0) is 10.8 Å². The van der Waals surface area contributed by atoms with Crippen molar-refractivity contribution in [3.63, 3.8) is 0 Å². The SMILES string of the molecule is O=C(c1ccc2c(c1)OCCO2)C1CC2CCCC(C1)S2=O. The molecule has 4 nitrogen and oxygen atoms in total. The fourth-order valence-electron chi connectivity index (χ4n) is 3.88. The summed E-state index contributed by atoms with van der Waals surface area (Å²) in [7, 11) is -0.728. The van der Waals surface area contributed by atoms with Gasteiger partial charge in [0.1, 0.15) is 13.2 Å². The van der Waals surface area contributed by atoms with Gasteiger partial charge in [0.05, 0.1) is 0 Å². The molecule has 2 bridgehead atoms. The van der Waals surface area contributed by atoms with Crippen molar-refractivity contribution in [1.29, 1.82) is 0 Å². The van der Waals surface area contributed by atoms with Gasteiger partial charge in [-0.25, -0.2) is 0 Å². The Morgan fingerprint density at radius 3 is 2.45 bits per heavy atom. The quantitative estimate of drug-likeness (QED) is 0.786. The normalized spacial score (nSPS) is 33.3. The summed E-state index contributed by atoms with van der Waals surface area (Å²) in [5, 5.41) is 0.442.